The molecule has 4 heteroatoms. The summed E-state index contributed by atoms with van der Waals surface area (Å²) in [4.78, 5) is 0. The van der Waals surface area contributed by atoms with Gasteiger partial charge in [0.25, 0.3) is 0 Å². The molecule has 1 aromatic heterocycles. The molecule has 102 valence electrons. The highest BCUT2D eigenvalue weighted by atomic mass is 16.4. The van der Waals surface area contributed by atoms with Gasteiger partial charge in [0.1, 0.15) is 0 Å². The van der Waals surface area contributed by atoms with Gasteiger partial charge < -0.3 is 9.73 Å². The van der Waals surface area contributed by atoms with E-state index in [1.807, 2.05) is 6.92 Å². The third-order valence-corrected chi connectivity index (χ3v) is 3.14. The van der Waals surface area contributed by atoms with Crippen molar-refractivity contribution >= 4 is 0 Å². The topological polar surface area (TPSA) is 51.0 Å². The molecule has 19 heavy (non-hydrogen) atoms. The van der Waals surface area contributed by atoms with E-state index in [2.05, 4.69) is 54.5 Å². The maximum absolute atomic E-state index is 5.78. The fourth-order valence-corrected chi connectivity index (χ4v) is 1.93. The average Bonchev–Trinajstić information content (AvgIpc) is 2.88. The predicted molar refractivity (Wildman–Crippen MR) is 75.9 cm³/mol. The van der Waals surface area contributed by atoms with Crippen molar-refractivity contribution in [3.8, 4) is 11.5 Å². The largest absolute Gasteiger partial charge is 0.419 e. The van der Waals surface area contributed by atoms with Gasteiger partial charge in [0, 0.05) is 5.56 Å². The molecule has 4 nitrogen and oxygen atoms in total. The van der Waals surface area contributed by atoms with Crippen molar-refractivity contribution in [1.82, 2.24) is 15.5 Å². The molecule has 0 aliphatic rings. The van der Waals surface area contributed by atoms with Gasteiger partial charge in [-0.25, -0.2) is 0 Å². The Kier molecular flexibility index (Phi) is 4.32. The molecule has 0 aliphatic carbocycles. The molecular formula is C15H21N3O. The number of benzene rings is 1. The lowest BCUT2D eigenvalue weighted by atomic mass is 10.1. The lowest BCUT2D eigenvalue weighted by Crippen LogP contribution is -2.19. The first kappa shape index (κ1) is 13.7. The Morgan fingerprint density at radius 1 is 1.26 bits per heavy atom. The minimum atomic E-state index is 0.0892. The van der Waals surface area contributed by atoms with E-state index >= 15 is 0 Å². The second kappa shape index (κ2) is 5.97. The maximum atomic E-state index is 5.78. The first-order chi connectivity index (χ1) is 9.11. The summed E-state index contributed by atoms with van der Waals surface area (Å²) in [6.07, 6.45) is 1.09. The van der Waals surface area contributed by atoms with E-state index < -0.39 is 0 Å². The van der Waals surface area contributed by atoms with Crippen LogP contribution in [0.5, 0.6) is 0 Å². The van der Waals surface area contributed by atoms with Crippen molar-refractivity contribution in [1.29, 1.82) is 0 Å². The molecule has 0 saturated heterocycles. The Bertz CT molecular complexity index is 548. The van der Waals surface area contributed by atoms with E-state index in [9.17, 15) is 0 Å². The highest BCUT2D eigenvalue weighted by Crippen LogP contribution is 2.24. The Morgan fingerprint density at radius 3 is 2.79 bits per heavy atom. The summed E-state index contributed by atoms with van der Waals surface area (Å²) in [7, 11) is 0. The highest BCUT2D eigenvalue weighted by molar-refractivity contribution is 5.59. The molecule has 1 atom stereocenters. The van der Waals surface area contributed by atoms with Crippen molar-refractivity contribution < 1.29 is 4.42 Å². The standard InChI is InChI=1S/C15H21N3O/c1-5-8-16-12(4)14-17-18-15(19-14)13-9-10(2)6-7-11(13)3/h6-7,9,12,16H,5,8H2,1-4H3. The minimum absolute atomic E-state index is 0.0892. The third kappa shape index (κ3) is 3.20. The first-order valence-electron chi connectivity index (χ1n) is 6.76. The summed E-state index contributed by atoms with van der Waals surface area (Å²) in [5.74, 6) is 1.24. The van der Waals surface area contributed by atoms with Crippen molar-refractivity contribution in [2.75, 3.05) is 6.54 Å². The molecule has 0 spiro atoms. The maximum Gasteiger partial charge on any atom is 0.248 e. The lowest BCUT2D eigenvalue weighted by Gasteiger charge is -2.07. The van der Waals surface area contributed by atoms with Crippen LogP contribution in [-0.4, -0.2) is 16.7 Å². The zero-order chi connectivity index (χ0) is 13.8. The van der Waals surface area contributed by atoms with Crippen LogP contribution in [0.25, 0.3) is 11.5 Å². The number of nitrogens with one attached hydrogen (secondary N) is 1. The first-order valence-corrected chi connectivity index (χ1v) is 6.76. The Hall–Kier alpha value is -1.68. The fraction of sp³-hybridized carbons (Fsp3) is 0.467. The lowest BCUT2D eigenvalue weighted by molar-refractivity contribution is 0.423. The molecule has 1 aromatic carbocycles. The Morgan fingerprint density at radius 2 is 2.05 bits per heavy atom. The minimum Gasteiger partial charge on any atom is -0.419 e. The Labute approximate surface area is 114 Å². The molecule has 0 amide bonds. The van der Waals surface area contributed by atoms with Crippen LogP contribution in [0, 0.1) is 13.8 Å². The fourth-order valence-electron chi connectivity index (χ4n) is 1.93. The summed E-state index contributed by atoms with van der Waals surface area (Å²) < 4.78 is 5.78. The third-order valence-electron chi connectivity index (χ3n) is 3.14. The van der Waals surface area contributed by atoms with Gasteiger partial charge in [-0.3, -0.25) is 0 Å². The molecule has 1 heterocycles. The second-order valence-electron chi connectivity index (χ2n) is 4.94. The van der Waals surface area contributed by atoms with E-state index in [-0.39, 0.29) is 6.04 Å². The van der Waals surface area contributed by atoms with Crippen LogP contribution in [0.2, 0.25) is 0 Å². The van der Waals surface area contributed by atoms with Gasteiger partial charge in [0.05, 0.1) is 6.04 Å². The van der Waals surface area contributed by atoms with Gasteiger partial charge in [-0.15, -0.1) is 10.2 Å². The van der Waals surface area contributed by atoms with Crippen LogP contribution in [0.15, 0.2) is 22.6 Å². The monoisotopic (exact) mass is 259 g/mol. The van der Waals surface area contributed by atoms with Crippen LogP contribution in [0.4, 0.5) is 0 Å². The molecule has 2 rings (SSSR count). The van der Waals surface area contributed by atoms with Crippen LogP contribution in [0.3, 0.4) is 0 Å². The SMILES string of the molecule is CCCNC(C)c1nnc(-c2cc(C)ccc2C)o1. The van der Waals surface area contributed by atoms with E-state index in [4.69, 9.17) is 4.42 Å². The number of hydrogen-bond acceptors (Lipinski definition) is 4. The molecule has 2 aromatic rings. The molecule has 0 aliphatic heterocycles. The zero-order valence-electron chi connectivity index (χ0n) is 12.0. The van der Waals surface area contributed by atoms with Crippen LogP contribution < -0.4 is 5.32 Å². The van der Waals surface area contributed by atoms with Crippen molar-refractivity contribution in [3.05, 3.63) is 35.2 Å². The number of nitrogens with zero attached hydrogens (tertiary/aromatic N) is 2. The average molecular weight is 259 g/mol. The van der Waals surface area contributed by atoms with Crippen LogP contribution in [-0.2, 0) is 0 Å². The van der Waals surface area contributed by atoms with Gasteiger partial charge in [0.2, 0.25) is 11.8 Å². The summed E-state index contributed by atoms with van der Waals surface area (Å²) in [5.41, 5.74) is 3.36. The van der Waals surface area contributed by atoms with E-state index in [0.717, 1.165) is 24.1 Å². The molecule has 1 N–H and O–H groups in total. The molecular weight excluding hydrogens is 238 g/mol. The van der Waals surface area contributed by atoms with Crippen molar-refractivity contribution in [2.24, 2.45) is 0 Å². The quantitative estimate of drug-likeness (QED) is 0.894. The van der Waals surface area contributed by atoms with Gasteiger partial charge in [-0.1, -0.05) is 24.6 Å². The number of aromatic nitrogens is 2. The number of aryl methyl sites for hydroxylation is 2. The van der Waals surface area contributed by atoms with Crippen LogP contribution >= 0.6 is 0 Å². The molecule has 0 bridgehead atoms. The molecule has 1 unspecified atom stereocenters. The van der Waals surface area contributed by atoms with Gasteiger partial charge >= 0.3 is 0 Å². The van der Waals surface area contributed by atoms with Crippen LogP contribution in [0.1, 0.15) is 43.3 Å². The van der Waals surface area contributed by atoms with Crippen molar-refractivity contribution in [3.63, 3.8) is 0 Å². The van der Waals surface area contributed by atoms with E-state index in [0.29, 0.717) is 11.8 Å². The predicted octanol–water partition coefficient (Wildman–Crippen LogP) is 3.41. The van der Waals surface area contributed by atoms with Gasteiger partial charge in [0.15, 0.2) is 0 Å². The molecule has 0 radical (unpaired) electrons. The van der Waals surface area contributed by atoms with Gasteiger partial charge in [-0.2, -0.15) is 0 Å². The summed E-state index contributed by atoms with van der Waals surface area (Å²) in [5, 5.41) is 11.6. The molecule has 0 fully saturated rings. The number of rotatable bonds is 5. The Balaban J connectivity index is 2.23. The summed E-state index contributed by atoms with van der Waals surface area (Å²) in [6.45, 7) is 9.23. The number of hydrogen-bond donors (Lipinski definition) is 1. The van der Waals surface area contributed by atoms with Crippen molar-refractivity contribution in [2.45, 2.75) is 40.2 Å². The summed E-state index contributed by atoms with van der Waals surface area (Å²) in [6, 6.07) is 6.33. The van der Waals surface area contributed by atoms with Gasteiger partial charge in [-0.05, 0) is 45.4 Å². The summed E-state index contributed by atoms with van der Waals surface area (Å²) >= 11 is 0. The smallest absolute Gasteiger partial charge is 0.248 e. The zero-order valence-corrected chi connectivity index (χ0v) is 12.0. The highest BCUT2D eigenvalue weighted by Gasteiger charge is 2.15. The second-order valence-corrected chi connectivity index (χ2v) is 4.94. The van der Waals surface area contributed by atoms with E-state index in [1.165, 1.54) is 5.56 Å². The molecule has 0 saturated carbocycles. The van der Waals surface area contributed by atoms with E-state index in [1.54, 1.807) is 0 Å². The normalized spacial score (nSPS) is 12.6.